The molecule has 0 amide bonds. The smallest absolute Gasteiger partial charge is 0.403 e. The first kappa shape index (κ1) is 12.9. The van der Waals surface area contributed by atoms with Crippen molar-refractivity contribution in [3.63, 3.8) is 0 Å². The van der Waals surface area contributed by atoms with Crippen molar-refractivity contribution in [1.82, 2.24) is 0 Å². The van der Waals surface area contributed by atoms with Crippen LogP contribution in [0.25, 0.3) is 0 Å². The first-order valence-electron chi connectivity index (χ1n) is 3.60. The molecule has 0 saturated heterocycles. The second kappa shape index (κ2) is 4.39. The Morgan fingerprint density at radius 3 is 2.38 bits per heavy atom. The molecule has 1 aromatic rings. The quantitative estimate of drug-likeness (QED) is 0.356. The van der Waals surface area contributed by atoms with Crippen LogP contribution in [0.1, 0.15) is 0 Å². The largest absolute Gasteiger partial charge is 0.573 e. The highest BCUT2D eigenvalue weighted by atomic mass is 127. The third-order valence-corrected chi connectivity index (χ3v) is 2.29. The highest BCUT2D eigenvalue weighted by Crippen LogP contribution is 2.31. The van der Waals surface area contributed by atoms with Crippen molar-refractivity contribution in [2.45, 2.75) is 6.36 Å². The van der Waals surface area contributed by atoms with Crippen LogP contribution in [-0.2, 0) is 0 Å². The fourth-order valence-corrected chi connectivity index (χ4v) is 1.50. The summed E-state index contributed by atoms with van der Waals surface area (Å²) >= 11 is 1.41. The van der Waals surface area contributed by atoms with Gasteiger partial charge in [-0.15, -0.1) is 13.2 Å². The van der Waals surface area contributed by atoms with E-state index in [2.05, 4.69) is 4.74 Å². The van der Waals surface area contributed by atoms with Gasteiger partial charge in [0.15, 0.2) is 11.6 Å². The molecule has 0 spiro atoms. The molecule has 1 rings (SSSR count). The Bertz CT molecular complexity index is 434. The van der Waals surface area contributed by atoms with Crippen LogP contribution >= 0.6 is 22.6 Å². The molecule has 0 fully saturated rings. The fourth-order valence-electron chi connectivity index (χ4n) is 0.861. The molecule has 0 N–H and O–H groups in total. The Hall–Kier alpha value is -1.13. The van der Waals surface area contributed by atoms with Gasteiger partial charge in [0.25, 0.3) is 5.69 Å². The number of nitro groups is 1. The van der Waals surface area contributed by atoms with Crippen LogP contribution in [0.3, 0.4) is 0 Å². The minimum atomic E-state index is -5.04. The van der Waals surface area contributed by atoms with Crippen molar-refractivity contribution in [3.8, 4) is 5.75 Å². The third-order valence-electron chi connectivity index (χ3n) is 1.42. The number of ether oxygens (including phenoxy) is 1. The van der Waals surface area contributed by atoms with Crippen molar-refractivity contribution in [1.29, 1.82) is 0 Å². The highest BCUT2D eigenvalue weighted by molar-refractivity contribution is 14.1. The maximum Gasteiger partial charge on any atom is 0.573 e. The maximum atomic E-state index is 13.0. The van der Waals surface area contributed by atoms with E-state index in [1.54, 1.807) is 0 Å². The zero-order chi connectivity index (χ0) is 12.5. The molecule has 1 aromatic carbocycles. The monoisotopic (exact) mass is 351 g/mol. The lowest BCUT2D eigenvalue weighted by Crippen LogP contribution is -2.18. The summed E-state index contributed by atoms with van der Waals surface area (Å²) < 4.78 is 51.5. The highest BCUT2D eigenvalue weighted by Gasteiger charge is 2.33. The molecule has 0 saturated carbocycles. The van der Waals surface area contributed by atoms with Crippen molar-refractivity contribution >= 4 is 28.3 Å². The van der Waals surface area contributed by atoms with Crippen LogP contribution in [-0.4, -0.2) is 11.3 Å². The zero-order valence-electron chi connectivity index (χ0n) is 7.22. The normalized spacial score (nSPS) is 11.3. The van der Waals surface area contributed by atoms with E-state index in [1.165, 1.54) is 22.6 Å². The number of nitro benzene ring substituents is 1. The molecular weight excluding hydrogens is 349 g/mol. The molecule has 0 atom stereocenters. The number of alkyl halides is 3. The van der Waals surface area contributed by atoms with E-state index in [1.807, 2.05) is 0 Å². The molecule has 16 heavy (non-hydrogen) atoms. The molecule has 4 nitrogen and oxygen atoms in total. The van der Waals surface area contributed by atoms with Crippen molar-refractivity contribution in [3.05, 3.63) is 31.6 Å². The number of hydrogen-bond donors (Lipinski definition) is 0. The summed E-state index contributed by atoms with van der Waals surface area (Å²) in [5.74, 6) is -2.54. The Balaban J connectivity index is 3.16. The van der Waals surface area contributed by atoms with Crippen LogP contribution in [0.2, 0.25) is 0 Å². The predicted octanol–water partition coefficient (Wildman–Crippen LogP) is 3.24. The van der Waals surface area contributed by atoms with Crippen molar-refractivity contribution < 1.29 is 27.2 Å². The Kier molecular flexibility index (Phi) is 3.55. The van der Waals surface area contributed by atoms with Gasteiger partial charge >= 0.3 is 6.36 Å². The summed E-state index contributed by atoms with van der Waals surface area (Å²) in [5.41, 5.74) is -0.618. The molecule has 0 heterocycles. The second-order valence-corrected chi connectivity index (χ2v) is 3.70. The van der Waals surface area contributed by atoms with Crippen LogP contribution in [0.4, 0.5) is 23.2 Å². The summed E-state index contributed by atoms with van der Waals surface area (Å²) in [7, 11) is 0. The average Bonchev–Trinajstić information content (AvgIpc) is 2.07. The van der Waals surface area contributed by atoms with Crippen LogP contribution in [0, 0.1) is 19.5 Å². The Morgan fingerprint density at radius 1 is 1.38 bits per heavy atom. The fraction of sp³-hybridized carbons (Fsp3) is 0.143. The van der Waals surface area contributed by atoms with Crippen LogP contribution in [0.5, 0.6) is 5.75 Å². The molecule has 0 aliphatic carbocycles. The van der Waals surface area contributed by atoms with Crippen molar-refractivity contribution in [2.75, 3.05) is 0 Å². The molecule has 0 radical (unpaired) electrons. The summed E-state index contributed by atoms with van der Waals surface area (Å²) in [6.07, 6.45) is -5.04. The first-order chi connectivity index (χ1) is 7.20. The Labute approximate surface area is 99.5 Å². The second-order valence-electron chi connectivity index (χ2n) is 2.54. The van der Waals surface area contributed by atoms with E-state index in [9.17, 15) is 27.7 Å². The maximum absolute atomic E-state index is 13.0. The van der Waals surface area contributed by atoms with E-state index < -0.39 is 28.5 Å². The van der Waals surface area contributed by atoms with Gasteiger partial charge in [-0.1, -0.05) is 0 Å². The summed E-state index contributed by atoms with van der Waals surface area (Å²) in [6, 6.07) is 0.990. The standard InChI is InChI=1S/C7H2F4INO3/c8-3-1-5(13(14)15)4(12)2-6(3)16-7(9,10)11/h1-2H. The molecule has 0 unspecified atom stereocenters. The van der Waals surface area contributed by atoms with Gasteiger partial charge < -0.3 is 4.74 Å². The van der Waals surface area contributed by atoms with Gasteiger partial charge in [-0.3, -0.25) is 10.1 Å². The van der Waals surface area contributed by atoms with Gasteiger partial charge in [-0.2, -0.15) is 0 Å². The van der Waals surface area contributed by atoms with Gasteiger partial charge in [-0.25, -0.2) is 4.39 Å². The topological polar surface area (TPSA) is 52.4 Å². The molecule has 0 aromatic heterocycles. The Morgan fingerprint density at radius 2 is 1.94 bits per heavy atom. The van der Waals surface area contributed by atoms with Crippen molar-refractivity contribution in [2.24, 2.45) is 0 Å². The third kappa shape index (κ3) is 3.18. The molecule has 0 aliphatic rings. The van der Waals surface area contributed by atoms with E-state index in [0.29, 0.717) is 12.1 Å². The van der Waals surface area contributed by atoms with E-state index >= 15 is 0 Å². The molecule has 0 bridgehead atoms. The number of rotatable bonds is 2. The van der Waals surface area contributed by atoms with E-state index in [0.717, 1.165) is 0 Å². The lowest BCUT2D eigenvalue weighted by Gasteiger charge is -2.09. The molecule has 9 heteroatoms. The average molecular weight is 351 g/mol. The number of benzene rings is 1. The van der Waals surface area contributed by atoms with Gasteiger partial charge in [0.05, 0.1) is 14.6 Å². The van der Waals surface area contributed by atoms with E-state index in [-0.39, 0.29) is 3.57 Å². The summed E-state index contributed by atoms with van der Waals surface area (Å²) in [4.78, 5) is 9.44. The van der Waals surface area contributed by atoms with Crippen LogP contribution in [0.15, 0.2) is 12.1 Å². The first-order valence-corrected chi connectivity index (χ1v) is 4.68. The van der Waals surface area contributed by atoms with Crippen LogP contribution < -0.4 is 4.74 Å². The number of halogens is 5. The molecule has 0 aliphatic heterocycles. The van der Waals surface area contributed by atoms with Gasteiger partial charge in [0.2, 0.25) is 0 Å². The minimum Gasteiger partial charge on any atom is -0.403 e. The zero-order valence-corrected chi connectivity index (χ0v) is 9.37. The lowest BCUT2D eigenvalue weighted by atomic mass is 10.3. The van der Waals surface area contributed by atoms with E-state index in [4.69, 9.17) is 0 Å². The molecular formula is C7H2F4INO3. The van der Waals surface area contributed by atoms with Gasteiger partial charge in [-0.05, 0) is 22.6 Å². The molecule has 88 valence electrons. The predicted molar refractivity (Wildman–Crippen MR) is 52.5 cm³/mol. The lowest BCUT2D eigenvalue weighted by molar-refractivity contribution is -0.386. The minimum absolute atomic E-state index is 0.150. The SMILES string of the molecule is O=[N+]([O-])c1cc(F)c(OC(F)(F)F)cc1I. The number of hydrogen-bond acceptors (Lipinski definition) is 3. The van der Waals surface area contributed by atoms with Gasteiger partial charge in [0.1, 0.15) is 0 Å². The summed E-state index contributed by atoms with van der Waals surface area (Å²) in [6.45, 7) is 0. The number of nitrogens with zero attached hydrogens (tertiary/aromatic N) is 1. The van der Waals surface area contributed by atoms with Gasteiger partial charge in [0, 0.05) is 6.07 Å². The summed E-state index contributed by atoms with van der Waals surface area (Å²) in [5, 5.41) is 10.3.